The van der Waals surface area contributed by atoms with Crippen molar-refractivity contribution in [3.8, 4) is 0 Å². The van der Waals surface area contributed by atoms with Gasteiger partial charge in [0.25, 0.3) is 0 Å². The average Bonchev–Trinajstić information content (AvgIpc) is 3.19. The normalized spacial score (nSPS) is 17.5. The van der Waals surface area contributed by atoms with Crippen molar-refractivity contribution in [2.45, 2.75) is 33.4 Å². The zero-order chi connectivity index (χ0) is 20.2. The van der Waals surface area contributed by atoms with Crippen LogP contribution in [0.2, 0.25) is 0 Å². The molecule has 6 nitrogen and oxygen atoms in total. The Labute approximate surface area is 170 Å². The average molecular weight is 391 g/mol. The first kappa shape index (κ1) is 22.7. The lowest BCUT2D eigenvalue weighted by atomic mass is 10.1. The lowest BCUT2D eigenvalue weighted by Gasteiger charge is -2.22. The Kier molecular flexibility index (Phi) is 10.3. The van der Waals surface area contributed by atoms with Crippen LogP contribution in [0.25, 0.3) is 0 Å². The SMILES string of the molecule is CCN(CC)Cc1cccc(CNC(=NC)N2CCC(COCCOC)C2)c1. The molecular weight excluding hydrogens is 352 g/mol. The number of nitrogens with one attached hydrogen (secondary N) is 1. The first-order valence-corrected chi connectivity index (χ1v) is 10.5. The lowest BCUT2D eigenvalue weighted by molar-refractivity contribution is 0.0536. The molecule has 0 spiro atoms. The minimum Gasteiger partial charge on any atom is -0.382 e. The predicted octanol–water partition coefficient (Wildman–Crippen LogP) is 2.59. The molecular formula is C22H38N4O2. The van der Waals surface area contributed by atoms with Crippen LogP contribution < -0.4 is 5.32 Å². The van der Waals surface area contributed by atoms with Gasteiger partial charge in [0, 0.05) is 46.3 Å². The summed E-state index contributed by atoms with van der Waals surface area (Å²) in [5.41, 5.74) is 2.66. The monoisotopic (exact) mass is 390 g/mol. The molecule has 1 aliphatic heterocycles. The summed E-state index contributed by atoms with van der Waals surface area (Å²) in [5.74, 6) is 1.54. The summed E-state index contributed by atoms with van der Waals surface area (Å²) in [5, 5.41) is 3.53. The summed E-state index contributed by atoms with van der Waals surface area (Å²) in [6, 6.07) is 8.85. The van der Waals surface area contributed by atoms with E-state index in [1.54, 1.807) is 7.11 Å². The van der Waals surface area contributed by atoms with Crippen molar-refractivity contribution in [2.75, 3.05) is 60.2 Å². The smallest absolute Gasteiger partial charge is 0.193 e. The molecule has 0 aliphatic carbocycles. The summed E-state index contributed by atoms with van der Waals surface area (Å²) in [7, 11) is 3.57. The van der Waals surface area contributed by atoms with E-state index in [1.807, 2.05) is 7.05 Å². The number of guanidine groups is 1. The zero-order valence-corrected chi connectivity index (χ0v) is 18.1. The highest BCUT2D eigenvalue weighted by molar-refractivity contribution is 5.80. The van der Waals surface area contributed by atoms with Crippen LogP contribution in [-0.2, 0) is 22.6 Å². The Hall–Kier alpha value is -1.63. The van der Waals surface area contributed by atoms with Gasteiger partial charge in [0.05, 0.1) is 19.8 Å². The van der Waals surface area contributed by atoms with Crippen molar-refractivity contribution < 1.29 is 9.47 Å². The minimum absolute atomic E-state index is 0.563. The van der Waals surface area contributed by atoms with Gasteiger partial charge < -0.3 is 19.7 Å². The van der Waals surface area contributed by atoms with Crippen molar-refractivity contribution in [2.24, 2.45) is 10.9 Å². The van der Waals surface area contributed by atoms with Gasteiger partial charge in [0.1, 0.15) is 0 Å². The van der Waals surface area contributed by atoms with E-state index in [9.17, 15) is 0 Å². The van der Waals surface area contributed by atoms with E-state index in [4.69, 9.17) is 9.47 Å². The van der Waals surface area contributed by atoms with Gasteiger partial charge in [-0.05, 0) is 30.6 Å². The molecule has 28 heavy (non-hydrogen) atoms. The molecule has 1 aromatic rings. The molecule has 1 heterocycles. The molecule has 0 saturated carbocycles. The molecule has 1 unspecified atom stereocenters. The van der Waals surface area contributed by atoms with Gasteiger partial charge in [-0.3, -0.25) is 9.89 Å². The van der Waals surface area contributed by atoms with Gasteiger partial charge >= 0.3 is 0 Å². The third-order valence-corrected chi connectivity index (χ3v) is 5.33. The molecule has 1 saturated heterocycles. The number of likely N-dealkylation sites (tertiary alicyclic amines) is 1. The van der Waals surface area contributed by atoms with Crippen LogP contribution in [0, 0.1) is 5.92 Å². The van der Waals surface area contributed by atoms with Crippen LogP contribution in [0.5, 0.6) is 0 Å². The fourth-order valence-corrected chi connectivity index (χ4v) is 3.61. The Balaban J connectivity index is 1.81. The van der Waals surface area contributed by atoms with Crippen molar-refractivity contribution in [3.05, 3.63) is 35.4 Å². The minimum atomic E-state index is 0.563. The highest BCUT2D eigenvalue weighted by Crippen LogP contribution is 2.17. The van der Waals surface area contributed by atoms with Gasteiger partial charge in [-0.25, -0.2) is 0 Å². The molecule has 0 aromatic heterocycles. The molecule has 1 fully saturated rings. The number of aliphatic imine (C=N–C) groups is 1. The number of methoxy groups -OCH3 is 1. The van der Waals surface area contributed by atoms with E-state index < -0.39 is 0 Å². The van der Waals surface area contributed by atoms with Crippen LogP contribution >= 0.6 is 0 Å². The quantitative estimate of drug-likeness (QED) is 0.358. The number of benzene rings is 1. The second kappa shape index (κ2) is 12.8. The molecule has 0 bridgehead atoms. The summed E-state index contributed by atoms with van der Waals surface area (Å²) in [6.45, 7) is 12.5. The molecule has 1 aromatic carbocycles. The van der Waals surface area contributed by atoms with Crippen LogP contribution in [0.1, 0.15) is 31.4 Å². The van der Waals surface area contributed by atoms with Crippen LogP contribution in [0.4, 0.5) is 0 Å². The standard InChI is InChI=1S/C22H38N4O2/c1-5-25(6-2)16-20-9-7-8-19(14-20)15-24-22(23-3)26-11-10-21(17-26)18-28-13-12-27-4/h7-9,14,21H,5-6,10-13,15-18H2,1-4H3,(H,23,24). The van der Waals surface area contributed by atoms with E-state index in [1.165, 1.54) is 11.1 Å². The maximum atomic E-state index is 5.70. The van der Waals surface area contributed by atoms with Gasteiger partial charge in [0.2, 0.25) is 0 Å². The van der Waals surface area contributed by atoms with Crippen LogP contribution in [0.15, 0.2) is 29.3 Å². The summed E-state index contributed by atoms with van der Waals surface area (Å²) in [4.78, 5) is 9.26. The van der Waals surface area contributed by atoms with Crippen LogP contribution in [0.3, 0.4) is 0 Å². The molecule has 0 radical (unpaired) electrons. The summed E-state index contributed by atoms with van der Waals surface area (Å²) in [6.07, 6.45) is 1.15. The zero-order valence-electron chi connectivity index (χ0n) is 18.1. The third kappa shape index (κ3) is 7.41. The molecule has 6 heteroatoms. The second-order valence-electron chi connectivity index (χ2n) is 7.35. The summed E-state index contributed by atoms with van der Waals surface area (Å²) >= 11 is 0. The number of ether oxygens (including phenoxy) is 2. The number of hydrogen-bond donors (Lipinski definition) is 1. The Bertz CT molecular complexity index is 590. The molecule has 0 amide bonds. The van der Waals surface area contributed by atoms with Crippen molar-refractivity contribution >= 4 is 5.96 Å². The molecule has 1 N–H and O–H groups in total. The number of rotatable bonds is 11. The van der Waals surface area contributed by atoms with Crippen molar-refractivity contribution in [1.29, 1.82) is 0 Å². The fraction of sp³-hybridized carbons (Fsp3) is 0.682. The lowest BCUT2D eigenvalue weighted by Crippen LogP contribution is -2.39. The highest BCUT2D eigenvalue weighted by atomic mass is 16.5. The molecule has 2 rings (SSSR count). The molecule has 158 valence electrons. The van der Waals surface area contributed by atoms with E-state index in [2.05, 4.69) is 58.2 Å². The van der Waals surface area contributed by atoms with Crippen molar-refractivity contribution in [3.63, 3.8) is 0 Å². The van der Waals surface area contributed by atoms with E-state index in [0.29, 0.717) is 19.1 Å². The number of hydrogen-bond acceptors (Lipinski definition) is 4. The van der Waals surface area contributed by atoms with Gasteiger partial charge in [-0.2, -0.15) is 0 Å². The summed E-state index contributed by atoms with van der Waals surface area (Å²) < 4.78 is 10.7. The fourth-order valence-electron chi connectivity index (χ4n) is 3.61. The van der Waals surface area contributed by atoms with Gasteiger partial charge in [-0.15, -0.1) is 0 Å². The van der Waals surface area contributed by atoms with Gasteiger partial charge in [0.15, 0.2) is 5.96 Å². The van der Waals surface area contributed by atoms with E-state index >= 15 is 0 Å². The Morgan fingerprint density at radius 1 is 1.25 bits per heavy atom. The maximum absolute atomic E-state index is 5.70. The van der Waals surface area contributed by atoms with Crippen LogP contribution in [-0.4, -0.2) is 75.9 Å². The second-order valence-corrected chi connectivity index (χ2v) is 7.35. The van der Waals surface area contributed by atoms with E-state index in [-0.39, 0.29) is 0 Å². The topological polar surface area (TPSA) is 49.3 Å². The molecule has 1 atom stereocenters. The Morgan fingerprint density at radius 3 is 2.75 bits per heavy atom. The first-order valence-electron chi connectivity index (χ1n) is 10.5. The number of nitrogens with zero attached hydrogens (tertiary/aromatic N) is 3. The highest BCUT2D eigenvalue weighted by Gasteiger charge is 2.24. The Morgan fingerprint density at radius 2 is 2.04 bits per heavy atom. The maximum Gasteiger partial charge on any atom is 0.193 e. The predicted molar refractivity (Wildman–Crippen MR) is 116 cm³/mol. The first-order chi connectivity index (χ1) is 13.7. The van der Waals surface area contributed by atoms with Gasteiger partial charge in [-0.1, -0.05) is 38.1 Å². The third-order valence-electron chi connectivity index (χ3n) is 5.33. The largest absolute Gasteiger partial charge is 0.382 e. The molecule has 1 aliphatic rings. The van der Waals surface area contributed by atoms with Crippen molar-refractivity contribution in [1.82, 2.24) is 15.1 Å². The van der Waals surface area contributed by atoms with E-state index in [0.717, 1.165) is 58.3 Å².